The van der Waals surface area contributed by atoms with E-state index in [1.807, 2.05) is 0 Å². The van der Waals surface area contributed by atoms with E-state index >= 15 is 0 Å². The van der Waals surface area contributed by atoms with Gasteiger partial charge < -0.3 is 9.47 Å². The third-order valence-corrected chi connectivity index (χ3v) is 3.73. The Kier molecular flexibility index (Phi) is 5.69. The van der Waals surface area contributed by atoms with Crippen LogP contribution in [0, 0.1) is 5.92 Å². The highest BCUT2D eigenvalue weighted by atomic mass is 16.6. The summed E-state index contributed by atoms with van der Waals surface area (Å²) in [5.74, 6) is 0.762. The Morgan fingerprint density at radius 1 is 1.22 bits per heavy atom. The minimum atomic E-state index is 0.323. The summed E-state index contributed by atoms with van der Waals surface area (Å²) in [6.07, 6.45) is 5.11. The van der Waals surface area contributed by atoms with Crippen LogP contribution in [0.5, 0.6) is 0 Å². The number of benzene rings is 1. The normalized spacial score (nSPS) is 21.7. The van der Waals surface area contributed by atoms with Crippen LogP contribution in [0.15, 0.2) is 30.3 Å². The number of hydrogen-bond donors (Lipinski definition) is 0. The fraction of sp³-hybridized carbons (Fsp3) is 0.625. The SMILES string of the molecule is CCC(CCC1COCCO1)Cc1ccccc1. The molecule has 0 amide bonds. The average molecular weight is 248 g/mol. The van der Waals surface area contributed by atoms with Crippen LogP contribution in [0.3, 0.4) is 0 Å². The van der Waals surface area contributed by atoms with Crippen molar-refractivity contribution in [2.75, 3.05) is 19.8 Å². The molecule has 1 heterocycles. The fourth-order valence-corrected chi connectivity index (χ4v) is 2.52. The molecule has 1 aromatic carbocycles. The molecule has 0 saturated carbocycles. The van der Waals surface area contributed by atoms with E-state index in [1.54, 1.807) is 0 Å². The van der Waals surface area contributed by atoms with Gasteiger partial charge in [-0.15, -0.1) is 0 Å². The summed E-state index contributed by atoms with van der Waals surface area (Å²) in [6.45, 7) is 4.59. The first-order valence-corrected chi connectivity index (χ1v) is 7.11. The molecule has 1 aliphatic heterocycles. The molecule has 2 rings (SSSR count). The minimum Gasteiger partial charge on any atom is -0.376 e. The van der Waals surface area contributed by atoms with Gasteiger partial charge in [-0.3, -0.25) is 0 Å². The first-order valence-electron chi connectivity index (χ1n) is 7.11. The van der Waals surface area contributed by atoms with Crippen LogP contribution in [0.25, 0.3) is 0 Å². The highest BCUT2D eigenvalue weighted by Gasteiger charge is 2.16. The van der Waals surface area contributed by atoms with Crippen LogP contribution in [-0.2, 0) is 15.9 Å². The molecule has 18 heavy (non-hydrogen) atoms. The predicted octanol–water partition coefficient (Wildman–Crippen LogP) is 3.45. The average Bonchev–Trinajstić information content (AvgIpc) is 2.45. The molecular formula is C16H24O2. The van der Waals surface area contributed by atoms with Crippen LogP contribution in [0.1, 0.15) is 31.7 Å². The lowest BCUT2D eigenvalue weighted by atomic mass is 9.91. The van der Waals surface area contributed by atoms with Gasteiger partial charge >= 0.3 is 0 Å². The van der Waals surface area contributed by atoms with Crippen molar-refractivity contribution in [3.8, 4) is 0 Å². The maximum absolute atomic E-state index is 5.70. The quantitative estimate of drug-likeness (QED) is 0.767. The molecular weight excluding hydrogens is 224 g/mol. The number of hydrogen-bond acceptors (Lipinski definition) is 2. The second-order valence-electron chi connectivity index (χ2n) is 5.11. The van der Waals surface area contributed by atoms with Gasteiger partial charge in [-0.05, 0) is 30.7 Å². The van der Waals surface area contributed by atoms with Crippen molar-refractivity contribution in [2.45, 2.75) is 38.7 Å². The van der Waals surface area contributed by atoms with E-state index in [0.717, 1.165) is 32.2 Å². The summed E-state index contributed by atoms with van der Waals surface area (Å²) in [7, 11) is 0. The highest BCUT2D eigenvalue weighted by molar-refractivity contribution is 5.15. The van der Waals surface area contributed by atoms with Crippen molar-refractivity contribution in [1.29, 1.82) is 0 Å². The van der Waals surface area contributed by atoms with Crippen LogP contribution < -0.4 is 0 Å². The molecule has 0 N–H and O–H groups in total. The molecule has 2 atom stereocenters. The van der Waals surface area contributed by atoms with Crippen molar-refractivity contribution in [3.05, 3.63) is 35.9 Å². The number of rotatable bonds is 6. The van der Waals surface area contributed by atoms with Gasteiger partial charge in [-0.1, -0.05) is 43.7 Å². The standard InChI is InChI=1S/C16H24O2/c1-2-14(12-15-6-4-3-5-7-15)8-9-16-13-17-10-11-18-16/h3-7,14,16H,2,8-13H2,1H3. The van der Waals surface area contributed by atoms with Crippen molar-refractivity contribution in [1.82, 2.24) is 0 Å². The predicted molar refractivity (Wildman–Crippen MR) is 73.7 cm³/mol. The molecule has 1 saturated heterocycles. The minimum absolute atomic E-state index is 0.323. The van der Waals surface area contributed by atoms with E-state index in [4.69, 9.17) is 9.47 Å². The van der Waals surface area contributed by atoms with Gasteiger partial charge in [-0.25, -0.2) is 0 Å². The van der Waals surface area contributed by atoms with Crippen LogP contribution in [0.2, 0.25) is 0 Å². The zero-order chi connectivity index (χ0) is 12.6. The van der Waals surface area contributed by atoms with Crippen LogP contribution in [-0.4, -0.2) is 25.9 Å². The third-order valence-electron chi connectivity index (χ3n) is 3.73. The van der Waals surface area contributed by atoms with Crippen molar-refractivity contribution in [2.24, 2.45) is 5.92 Å². The van der Waals surface area contributed by atoms with Gasteiger partial charge in [0.15, 0.2) is 0 Å². The lowest BCUT2D eigenvalue weighted by molar-refractivity contribution is -0.0922. The van der Waals surface area contributed by atoms with Crippen molar-refractivity contribution in [3.63, 3.8) is 0 Å². The monoisotopic (exact) mass is 248 g/mol. The van der Waals surface area contributed by atoms with Crippen molar-refractivity contribution < 1.29 is 9.47 Å². The van der Waals surface area contributed by atoms with Gasteiger partial charge in [0.25, 0.3) is 0 Å². The summed E-state index contributed by atoms with van der Waals surface area (Å²) in [5, 5.41) is 0. The lowest BCUT2D eigenvalue weighted by Crippen LogP contribution is -2.29. The highest BCUT2D eigenvalue weighted by Crippen LogP contribution is 2.20. The van der Waals surface area contributed by atoms with Gasteiger partial charge in [-0.2, -0.15) is 0 Å². The molecule has 1 fully saturated rings. The van der Waals surface area contributed by atoms with Gasteiger partial charge in [0.1, 0.15) is 0 Å². The summed E-state index contributed by atoms with van der Waals surface area (Å²) in [5.41, 5.74) is 1.45. The van der Waals surface area contributed by atoms with E-state index < -0.39 is 0 Å². The molecule has 1 aliphatic rings. The molecule has 1 aromatic rings. The van der Waals surface area contributed by atoms with Crippen molar-refractivity contribution >= 4 is 0 Å². The molecule has 0 spiro atoms. The van der Waals surface area contributed by atoms with E-state index in [-0.39, 0.29) is 0 Å². The number of ether oxygens (including phenoxy) is 2. The summed E-state index contributed by atoms with van der Waals surface area (Å²) in [4.78, 5) is 0. The summed E-state index contributed by atoms with van der Waals surface area (Å²) >= 11 is 0. The fourth-order valence-electron chi connectivity index (χ4n) is 2.52. The Bertz CT molecular complexity index is 317. The first kappa shape index (κ1) is 13.6. The summed E-state index contributed by atoms with van der Waals surface area (Å²) < 4.78 is 11.1. The molecule has 0 radical (unpaired) electrons. The lowest BCUT2D eigenvalue weighted by Gasteiger charge is -2.24. The molecule has 0 aliphatic carbocycles. The van der Waals surface area contributed by atoms with E-state index in [1.165, 1.54) is 24.8 Å². The Labute approximate surface area is 110 Å². The second kappa shape index (κ2) is 7.55. The Morgan fingerprint density at radius 3 is 2.72 bits per heavy atom. The van der Waals surface area contributed by atoms with E-state index in [2.05, 4.69) is 37.3 Å². The van der Waals surface area contributed by atoms with Gasteiger partial charge in [0, 0.05) is 0 Å². The molecule has 100 valence electrons. The van der Waals surface area contributed by atoms with Gasteiger partial charge in [0.2, 0.25) is 0 Å². The summed E-state index contributed by atoms with van der Waals surface area (Å²) in [6, 6.07) is 10.8. The molecule has 2 unspecified atom stereocenters. The largest absolute Gasteiger partial charge is 0.376 e. The van der Waals surface area contributed by atoms with E-state index in [9.17, 15) is 0 Å². The maximum Gasteiger partial charge on any atom is 0.0809 e. The second-order valence-corrected chi connectivity index (χ2v) is 5.11. The Hall–Kier alpha value is -0.860. The Balaban J connectivity index is 1.75. The van der Waals surface area contributed by atoms with Crippen LogP contribution in [0.4, 0.5) is 0 Å². The molecule has 0 bridgehead atoms. The zero-order valence-corrected chi connectivity index (χ0v) is 11.3. The molecule has 2 nitrogen and oxygen atoms in total. The zero-order valence-electron chi connectivity index (χ0n) is 11.3. The van der Waals surface area contributed by atoms with Crippen LogP contribution >= 0.6 is 0 Å². The maximum atomic E-state index is 5.70. The third kappa shape index (κ3) is 4.43. The van der Waals surface area contributed by atoms with E-state index in [0.29, 0.717) is 6.10 Å². The first-order chi connectivity index (χ1) is 8.88. The topological polar surface area (TPSA) is 18.5 Å². The Morgan fingerprint density at radius 2 is 2.06 bits per heavy atom. The smallest absolute Gasteiger partial charge is 0.0809 e. The molecule has 0 aromatic heterocycles. The molecule has 2 heteroatoms. The van der Waals surface area contributed by atoms with Gasteiger partial charge in [0.05, 0.1) is 25.9 Å².